The molecule has 3 heterocycles. The maximum Gasteiger partial charge on any atom is 0.281 e. The minimum absolute atomic E-state index is 0.255. The molecule has 10 heteroatoms. The molecular formula is C26H26N6O3S. The number of aryl methyl sites for hydroxylation is 3. The van der Waals surface area contributed by atoms with Crippen LogP contribution in [-0.2, 0) is 6.54 Å². The number of nitrogens with zero attached hydrogens (tertiary/aromatic N) is 3. The Balaban J connectivity index is 1.44. The van der Waals surface area contributed by atoms with Gasteiger partial charge >= 0.3 is 0 Å². The number of hydrogen-bond donors (Lipinski definition) is 3. The Labute approximate surface area is 211 Å². The number of thiophene rings is 1. The number of benzene rings is 1. The topological polar surface area (TPSA) is 121 Å². The van der Waals surface area contributed by atoms with Gasteiger partial charge in [-0.25, -0.2) is 10.1 Å². The van der Waals surface area contributed by atoms with Crippen molar-refractivity contribution >= 4 is 28.9 Å². The summed E-state index contributed by atoms with van der Waals surface area (Å²) in [4.78, 5) is 43.0. The molecule has 3 N–H and O–H groups in total. The third kappa shape index (κ3) is 5.33. The minimum Gasteiger partial charge on any atom is -0.346 e. The number of nitrogens with one attached hydrogen (secondary N) is 3. The summed E-state index contributed by atoms with van der Waals surface area (Å²) in [7, 11) is 0. The number of amides is 2. The molecule has 3 aromatic heterocycles. The van der Waals surface area contributed by atoms with Gasteiger partial charge in [0.25, 0.3) is 17.4 Å². The molecule has 0 saturated heterocycles. The molecule has 184 valence electrons. The molecule has 0 atom stereocenters. The van der Waals surface area contributed by atoms with Crippen LogP contribution in [0.4, 0.5) is 0 Å². The van der Waals surface area contributed by atoms with E-state index in [0.717, 1.165) is 33.8 Å². The summed E-state index contributed by atoms with van der Waals surface area (Å²) in [6, 6.07) is 14.4. The van der Waals surface area contributed by atoms with E-state index >= 15 is 0 Å². The predicted molar refractivity (Wildman–Crippen MR) is 140 cm³/mol. The summed E-state index contributed by atoms with van der Waals surface area (Å²) in [6.45, 7) is 7.73. The van der Waals surface area contributed by atoms with Crippen molar-refractivity contribution in [3.8, 4) is 5.69 Å². The molecule has 0 unspecified atom stereocenters. The van der Waals surface area contributed by atoms with Crippen LogP contribution in [-0.4, -0.2) is 32.3 Å². The Bertz CT molecular complexity index is 1510. The van der Waals surface area contributed by atoms with Crippen LogP contribution in [0, 0.1) is 20.8 Å². The molecule has 0 aliphatic carbocycles. The van der Waals surface area contributed by atoms with Gasteiger partial charge in [0.05, 0.1) is 39.0 Å². The zero-order valence-electron chi connectivity index (χ0n) is 20.4. The lowest BCUT2D eigenvalue weighted by atomic mass is 10.1. The molecule has 0 spiro atoms. The van der Waals surface area contributed by atoms with E-state index in [0.29, 0.717) is 26.7 Å². The van der Waals surface area contributed by atoms with Crippen molar-refractivity contribution in [2.24, 2.45) is 5.10 Å². The Morgan fingerprint density at radius 1 is 1.03 bits per heavy atom. The highest BCUT2D eigenvalue weighted by Crippen LogP contribution is 2.17. The first-order valence-electron chi connectivity index (χ1n) is 11.3. The van der Waals surface area contributed by atoms with Crippen LogP contribution < -0.4 is 16.3 Å². The molecule has 0 aliphatic heterocycles. The molecule has 0 aliphatic rings. The quantitative estimate of drug-likeness (QED) is 0.264. The summed E-state index contributed by atoms with van der Waals surface area (Å²) in [5.41, 5.74) is 7.29. The van der Waals surface area contributed by atoms with Gasteiger partial charge in [-0.05, 0) is 75.2 Å². The Morgan fingerprint density at radius 2 is 1.78 bits per heavy atom. The fourth-order valence-electron chi connectivity index (χ4n) is 3.61. The van der Waals surface area contributed by atoms with Gasteiger partial charge in [-0.1, -0.05) is 12.1 Å². The standard InChI is InChI=1S/C26H26N6O3S/c1-15-8-9-20(13-16(15)2)32-26(35)23(18(4)31-32)17(3)29-30-25(34)22-11-10-21(36-22)24(33)28-14-19-7-5-6-12-27-19/h5-13,31H,14H2,1-4H3,(H,28,33)(H,30,34). The van der Waals surface area contributed by atoms with E-state index in [1.165, 1.54) is 4.68 Å². The highest BCUT2D eigenvalue weighted by molar-refractivity contribution is 7.15. The van der Waals surface area contributed by atoms with E-state index in [1.807, 2.05) is 44.2 Å². The molecule has 36 heavy (non-hydrogen) atoms. The summed E-state index contributed by atoms with van der Waals surface area (Å²) in [5.74, 6) is -0.759. The van der Waals surface area contributed by atoms with Gasteiger partial charge in [-0.15, -0.1) is 11.3 Å². The number of carbonyl (C=O) groups excluding carboxylic acids is 2. The second kappa shape index (κ2) is 10.5. The molecular weight excluding hydrogens is 476 g/mol. The number of pyridine rings is 1. The van der Waals surface area contributed by atoms with E-state index in [-0.39, 0.29) is 18.0 Å². The van der Waals surface area contributed by atoms with Crippen molar-refractivity contribution in [3.05, 3.63) is 103 Å². The minimum atomic E-state index is -0.467. The van der Waals surface area contributed by atoms with Gasteiger partial charge < -0.3 is 5.32 Å². The number of aromatic nitrogens is 3. The summed E-state index contributed by atoms with van der Waals surface area (Å²) < 4.78 is 1.47. The maximum atomic E-state index is 13.1. The van der Waals surface area contributed by atoms with Crippen molar-refractivity contribution in [2.75, 3.05) is 0 Å². The molecule has 4 rings (SSSR count). The monoisotopic (exact) mass is 502 g/mol. The summed E-state index contributed by atoms with van der Waals surface area (Å²) >= 11 is 1.06. The number of carbonyl (C=O) groups is 2. The van der Waals surface area contributed by atoms with Crippen LogP contribution in [0.25, 0.3) is 5.69 Å². The zero-order valence-corrected chi connectivity index (χ0v) is 21.2. The van der Waals surface area contributed by atoms with E-state index in [4.69, 9.17) is 0 Å². The van der Waals surface area contributed by atoms with Crippen molar-refractivity contribution in [1.29, 1.82) is 0 Å². The third-order valence-electron chi connectivity index (χ3n) is 5.72. The van der Waals surface area contributed by atoms with E-state index < -0.39 is 5.91 Å². The molecule has 2 amide bonds. The van der Waals surface area contributed by atoms with Gasteiger partial charge in [-0.3, -0.25) is 24.5 Å². The zero-order chi connectivity index (χ0) is 25.8. The van der Waals surface area contributed by atoms with Crippen LogP contribution in [0.15, 0.2) is 64.6 Å². The second-order valence-corrected chi connectivity index (χ2v) is 9.41. The van der Waals surface area contributed by atoms with Crippen molar-refractivity contribution < 1.29 is 9.59 Å². The molecule has 0 fully saturated rings. The van der Waals surface area contributed by atoms with E-state index in [2.05, 4.69) is 25.9 Å². The number of aromatic amines is 1. The number of H-pyrrole nitrogens is 1. The Hall–Kier alpha value is -4.31. The van der Waals surface area contributed by atoms with Crippen LogP contribution >= 0.6 is 11.3 Å². The SMILES string of the molecule is CC(=NNC(=O)c1ccc(C(=O)NCc2ccccn2)s1)c1c(C)[nH]n(-c2ccc(C)c(C)c2)c1=O. The van der Waals surface area contributed by atoms with Gasteiger partial charge in [0.1, 0.15) is 0 Å². The summed E-state index contributed by atoms with van der Waals surface area (Å²) in [6.07, 6.45) is 1.66. The molecule has 1 aromatic carbocycles. The molecule has 0 saturated carbocycles. The summed E-state index contributed by atoms with van der Waals surface area (Å²) in [5, 5.41) is 10.0. The molecule has 0 bridgehead atoms. The van der Waals surface area contributed by atoms with Crippen LogP contribution in [0.1, 0.15) is 54.3 Å². The first-order valence-corrected chi connectivity index (χ1v) is 12.1. The van der Waals surface area contributed by atoms with E-state index in [9.17, 15) is 14.4 Å². The largest absolute Gasteiger partial charge is 0.346 e. The van der Waals surface area contributed by atoms with Gasteiger partial charge in [0.15, 0.2) is 0 Å². The number of rotatable bonds is 7. The maximum absolute atomic E-state index is 13.1. The van der Waals surface area contributed by atoms with Crippen LogP contribution in [0.3, 0.4) is 0 Å². The average molecular weight is 503 g/mol. The van der Waals surface area contributed by atoms with Crippen molar-refractivity contribution in [2.45, 2.75) is 34.2 Å². The average Bonchev–Trinajstić information content (AvgIpc) is 3.48. The molecule has 0 radical (unpaired) electrons. The Kier molecular flexibility index (Phi) is 7.25. The van der Waals surface area contributed by atoms with Gasteiger partial charge in [-0.2, -0.15) is 5.10 Å². The van der Waals surface area contributed by atoms with E-state index in [1.54, 1.807) is 38.2 Å². The number of hydrogen-bond acceptors (Lipinski definition) is 6. The smallest absolute Gasteiger partial charge is 0.281 e. The molecule has 9 nitrogen and oxygen atoms in total. The highest BCUT2D eigenvalue weighted by atomic mass is 32.1. The van der Waals surface area contributed by atoms with Gasteiger partial charge in [0.2, 0.25) is 0 Å². The van der Waals surface area contributed by atoms with Crippen LogP contribution in [0.5, 0.6) is 0 Å². The number of hydrazone groups is 1. The lowest BCUT2D eigenvalue weighted by molar-refractivity contribution is 0.0949. The van der Waals surface area contributed by atoms with Crippen molar-refractivity contribution in [3.63, 3.8) is 0 Å². The third-order valence-corrected chi connectivity index (χ3v) is 6.80. The second-order valence-electron chi connectivity index (χ2n) is 8.33. The van der Waals surface area contributed by atoms with Crippen LogP contribution in [0.2, 0.25) is 0 Å². The van der Waals surface area contributed by atoms with Crippen molar-refractivity contribution in [1.82, 2.24) is 25.5 Å². The lowest BCUT2D eigenvalue weighted by Gasteiger charge is -2.05. The fraction of sp³-hybridized carbons (Fsp3) is 0.192. The first-order chi connectivity index (χ1) is 17.2. The normalized spacial score (nSPS) is 11.4. The predicted octanol–water partition coefficient (Wildman–Crippen LogP) is 3.63. The molecule has 4 aromatic rings. The fourth-order valence-corrected chi connectivity index (χ4v) is 4.42. The van der Waals surface area contributed by atoms with Gasteiger partial charge in [0, 0.05) is 11.9 Å². The first kappa shape index (κ1) is 24.8. The lowest BCUT2D eigenvalue weighted by Crippen LogP contribution is -2.23. The Morgan fingerprint density at radius 3 is 2.47 bits per heavy atom. The highest BCUT2D eigenvalue weighted by Gasteiger charge is 2.17.